The van der Waals surface area contributed by atoms with Crippen LogP contribution >= 0.6 is 11.8 Å². The summed E-state index contributed by atoms with van der Waals surface area (Å²) in [6.45, 7) is 8.09. The van der Waals surface area contributed by atoms with Gasteiger partial charge in [-0.25, -0.2) is 8.42 Å². The van der Waals surface area contributed by atoms with E-state index in [1.165, 1.54) is 11.8 Å². The molecule has 0 aliphatic rings. The lowest BCUT2D eigenvalue weighted by molar-refractivity contribution is -0.120. The number of benzene rings is 3. The SMILES string of the molecule is CCOc1ccc(N(CC(=O)NC(CC)c2ccc(C)cc2C)S(=O)(=O)c2ccc(SC)cc2)cc1. The van der Waals surface area contributed by atoms with E-state index in [4.69, 9.17) is 4.74 Å². The first-order chi connectivity index (χ1) is 17.2. The number of sulfonamides is 1. The van der Waals surface area contributed by atoms with Gasteiger partial charge in [-0.2, -0.15) is 0 Å². The van der Waals surface area contributed by atoms with Gasteiger partial charge in [0.05, 0.1) is 23.2 Å². The minimum Gasteiger partial charge on any atom is -0.494 e. The third kappa shape index (κ3) is 6.62. The summed E-state index contributed by atoms with van der Waals surface area (Å²) in [5, 5.41) is 3.04. The van der Waals surface area contributed by atoms with Crippen LogP contribution in [0, 0.1) is 13.8 Å². The summed E-state index contributed by atoms with van der Waals surface area (Å²) in [6, 6.07) is 19.3. The molecule has 3 aromatic carbocycles. The van der Waals surface area contributed by atoms with Gasteiger partial charge in [-0.3, -0.25) is 9.10 Å². The molecule has 0 saturated carbocycles. The highest BCUT2D eigenvalue weighted by Gasteiger charge is 2.28. The molecule has 0 spiro atoms. The second kappa shape index (κ2) is 12.3. The van der Waals surface area contributed by atoms with Crippen LogP contribution in [0.1, 0.15) is 43.0 Å². The molecule has 0 aliphatic carbocycles. The molecule has 0 radical (unpaired) electrons. The van der Waals surface area contributed by atoms with Crippen molar-refractivity contribution >= 4 is 33.4 Å². The van der Waals surface area contributed by atoms with Gasteiger partial charge in [0.1, 0.15) is 12.3 Å². The number of nitrogens with one attached hydrogen (secondary N) is 1. The Morgan fingerprint density at radius 1 is 1.00 bits per heavy atom. The Morgan fingerprint density at radius 2 is 1.67 bits per heavy atom. The molecule has 0 heterocycles. The Hall–Kier alpha value is -2.97. The molecule has 1 unspecified atom stereocenters. The number of thioether (sulfide) groups is 1. The van der Waals surface area contributed by atoms with E-state index in [2.05, 4.69) is 11.4 Å². The lowest BCUT2D eigenvalue weighted by Crippen LogP contribution is -2.42. The van der Waals surface area contributed by atoms with E-state index in [1.54, 1.807) is 48.5 Å². The monoisotopic (exact) mass is 526 g/mol. The van der Waals surface area contributed by atoms with Gasteiger partial charge in [-0.1, -0.05) is 30.7 Å². The lowest BCUT2D eigenvalue weighted by atomic mass is 9.97. The lowest BCUT2D eigenvalue weighted by Gasteiger charge is -2.26. The number of aryl methyl sites for hydroxylation is 2. The number of nitrogens with zero attached hydrogens (tertiary/aromatic N) is 1. The Morgan fingerprint density at radius 3 is 2.22 bits per heavy atom. The third-order valence-electron chi connectivity index (χ3n) is 5.91. The topological polar surface area (TPSA) is 75.7 Å². The fourth-order valence-corrected chi connectivity index (χ4v) is 5.88. The van der Waals surface area contributed by atoms with E-state index in [9.17, 15) is 13.2 Å². The Kier molecular flexibility index (Phi) is 9.45. The first-order valence-electron chi connectivity index (χ1n) is 12.0. The van der Waals surface area contributed by atoms with Gasteiger partial charge in [0.2, 0.25) is 5.91 Å². The van der Waals surface area contributed by atoms with Crippen molar-refractivity contribution in [2.24, 2.45) is 0 Å². The standard InChI is InChI=1S/C28H34N2O4S2/c1-6-27(26-17-8-20(3)18-21(26)4)29-28(31)19-30(22-9-11-23(12-10-22)34-7-2)36(32,33)25-15-13-24(35-5)14-16-25/h8-18,27H,6-7,19H2,1-5H3,(H,29,31). The quantitative estimate of drug-likeness (QED) is 0.316. The summed E-state index contributed by atoms with van der Waals surface area (Å²) in [7, 11) is -4.00. The highest BCUT2D eigenvalue weighted by molar-refractivity contribution is 7.98. The highest BCUT2D eigenvalue weighted by atomic mass is 32.2. The number of carbonyl (C=O) groups excluding carboxylic acids is 1. The molecular weight excluding hydrogens is 492 g/mol. The zero-order valence-electron chi connectivity index (χ0n) is 21.4. The molecule has 0 fully saturated rings. The Bertz CT molecular complexity index is 1270. The second-order valence-corrected chi connectivity index (χ2v) is 11.2. The summed E-state index contributed by atoms with van der Waals surface area (Å²) in [6.07, 6.45) is 2.61. The number of rotatable bonds is 11. The van der Waals surface area contributed by atoms with Crippen molar-refractivity contribution in [2.75, 3.05) is 23.7 Å². The van der Waals surface area contributed by atoms with Crippen molar-refractivity contribution in [1.29, 1.82) is 0 Å². The summed E-state index contributed by atoms with van der Waals surface area (Å²) in [5.74, 6) is 0.258. The molecule has 0 bridgehead atoms. The fourth-order valence-electron chi connectivity index (χ4n) is 4.05. The van der Waals surface area contributed by atoms with Gasteiger partial charge in [-0.05, 0) is 93.1 Å². The smallest absolute Gasteiger partial charge is 0.264 e. The van der Waals surface area contributed by atoms with Gasteiger partial charge in [0.15, 0.2) is 0 Å². The summed E-state index contributed by atoms with van der Waals surface area (Å²) >= 11 is 1.53. The summed E-state index contributed by atoms with van der Waals surface area (Å²) in [5.41, 5.74) is 3.66. The van der Waals surface area contributed by atoms with Crippen LogP contribution in [0.15, 0.2) is 76.5 Å². The molecule has 8 heteroatoms. The first kappa shape index (κ1) is 27.6. The van der Waals surface area contributed by atoms with E-state index >= 15 is 0 Å². The van der Waals surface area contributed by atoms with E-state index in [-0.39, 0.29) is 23.4 Å². The number of amides is 1. The van der Waals surface area contributed by atoms with Crippen molar-refractivity contribution in [3.8, 4) is 5.75 Å². The summed E-state index contributed by atoms with van der Waals surface area (Å²) < 4.78 is 34.1. The number of hydrogen-bond donors (Lipinski definition) is 1. The van der Waals surface area contributed by atoms with E-state index in [0.717, 1.165) is 25.9 Å². The largest absolute Gasteiger partial charge is 0.494 e. The third-order valence-corrected chi connectivity index (χ3v) is 8.45. The molecule has 0 saturated heterocycles. The Balaban J connectivity index is 1.92. The maximum absolute atomic E-state index is 13.7. The van der Waals surface area contributed by atoms with E-state index in [0.29, 0.717) is 24.5 Å². The van der Waals surface area contributed by atoms with Crippen LogP contribution in [0.4, 0.5) is 5.69 Å². The van der Waals surface area contributed by atoms with Crippen molar-refractivity contribution in [3.63, 3.8) is 0 Å². The normalized spacial score (nSPS) is 12.1. The van der Waals surface area contributed by atoms with Crippen LogP contribution in [-0.4, -0.2) is 33.7 Å². The van der Waals surface area contributed by atoms with Crippen molar-refractivity contribution in [1.82, 2.24) is 5.32 Å². The minimum absolute atomic E-state index is 0.128. The van der Waals surface area contributed by atoms with Gasteiger partial charge in [0.25, 0.3) is 10.0 Å². The molecule has 192 valence electrons. The van der Waals surface area contributed by atoms with Crippen LogP contribution in [-0.2, 0) is 14.8 Å². The summed E-state index contributed by atoms with van der Waals surface area (Å²) in [4.78, 5) is 14.3. The average Bonchev–Trinajstić information content (AvgIpc) is 2.87. The predicted molar refractivity (Wildman–Crippen MR) is 147 cm³/mol. The molecule has 3 aromatic rings. The van der Waals surface area contributed by atoms with Crippen LogP contribution in [0.5, 0.6) is 5.75 Å². The fraction of sp³-hybridized carbons (Fsp3) is 0.321. The molecule has 1 atom stereocenters. The zero-order valence-corrected chi connectivity index (χ0v) is 23.1. The van der Waals surface area contributed by atoms with Crippen LogP contribution in [0.2, 0.25) is 0 Å². The number of carbonyl (C=O) groups is 1. The van der Waals surface area contributed by atoms with Crippen LogP contribution in [0.25, 0.3) is 0 Å². The highest BCUT2D eigenvalue weighted by Crippen LogP contribution is 2.28. The molecule has 1 amide bonds. The van der Waals surface area contributed by atoms with Crippen molar-refractivity contribution in [3.05, 3.63) is 83.4 Å². The Labute approximate surface area is 219 Å². The molecule has 3 rings (SSSR count). The van der Waals surface area contributed by atoms with Crippen molar-refractivity contribution in [2.45, 2.75) is 49.9 Å². The van der Waals surface area contributed by atoms with Crippen molar-refractivity contribution < 1.29 is 17.9 Å². The second-order valence-electron chi connectivity index (χ2n) is 8.50. The van der Waals surface area contributed by atoms with Gasteiger partial charge < -0.3 is 10.1 Å². The maximum Gasteiger partial charge on any atom is 0.264 e. The van der Waals surface area contributed by atoms with Gasteiger partial charge in [-0.15, -0.1) is 11.8 Å². The van der Waals surface area contributed by atoms with Crippen LogP contribution < -0.4 is 14.4 Å². The predicted octanol–water partition coefficient (Wildman–Crippen LogP) is 5.89. The molecule has 0 aromatic heterocycles. The molecule has 1 N–H and O–H groups in total. The van der Waals surface area contributed by atoms with E-state index < -0.39 is 10.0 Å². The minimum atomic E-state index is -4.00. The maximum atomic E-state index is 13.7. The number of hydrogen-bond acceptors (Lipinski definition) is 5. The number of ether oxygens (including phenoxy) is 1. The first-order valence-corrected chi connectivity index (χ1v) is 14.6. The van der Waals surface area contributed by atoms with E-state index in [1.807, 2.05) is 46.1 Å². The molecular formula is C28H34N2O4S2. The molecule has 36 heavy (non-hydrogen) atoms. The zero-order chi connectivity index (χ0) is 26.3. The van der Waals surface area contributed by atoms with Crippen LogP contribution in [0.3, 0.4) is 0 Å². The molecule has 6 nitrogen and oxygen atoms in total. The van der Waals surface area contributed by atoms with Gasteiger partial charge in [0, 0.05) is 4.90 Å². The van der Waals surface area contributed by atoms with Gasteiger partial charge >= 0.3 is 0 Å². The number of anilines is 1. The average molecular weight is 527 g/mol. The molecule has 0 aliphatic heterocycles.